The van der Waals surface area contributed by atoms with E-state index in [1.165, 1.54) is 6.20 Å². The van der Waals surface area contributed by atoms with Gasteiger partial charge in [-0.1, -0.05) is 37.6 Å². The molecule has 1 atom stereocenters. The Bertz CT molecular complexity index is 917. The van der Waals surface area contributed by atoms with Crippen molar-refractivity contribution in [2.45, 2.75) is 32.2 Å². The number of benzene rings is 1. The monoisotopic (exact) mass is 361 g/mol. The third-order valence-corrected chi connectivity index (χ3v) is 4.20. The molecule has 1 aromatic carbocycles. The van der Waals surface area contributed by atoms with Gasteiger partial charge in [0.1, 0.15) is 5.82 Å². The first kappa shape index (κ1) is 17.4. The lowest BCUT2D eigenvalue weighted by molar-refractivity contribution is 0.279. The standard InChI is InChI=1S/C17H20ClN5O2/c1-10(2)15-19-9-14-16(25)21-17(22-23(14)15)20-13(7-8-24)11-3-5-12(18)6-4-11/h3-6,9-10,13,24H,7-8H2,1-2H3,(H2,20,21,22,25)/t13-/m1/s1. The average molecular weight is 362 g/mol. The summed E-state index contributed by atoms with van der Waals surface area (Å²) in [5.74, 6) is 1.18. The van der Waals surface area contributed by atoms with Crippen molar-refractivity contribution in [3.63, 3.8) is 0 Å². The number of nitrogens with one attached hydrogen (secondary N) is 2. The van der Waals surface area contributed by atoms with E-state index in [0.29, 0.717) is 28.7 Å². The minimum atomic E-state index is -0.268. The number of nitrogens with zero attached hydrogens (tertiary/aromatic N) is 3. The zero-order valence-electron chi connectivity index (χ0n) is 14.0. The summed E-state index contributed by atoms with van der Waals surface area (Å²) in [4.78, 5) is 19.3. The number of halogens is 1. The zero-order chi connectivity index (χ0) is 18.0. The summed E-state index contributed by atoms with van der Waals surface area (Å²) in [5.41, 5.74) is 1.08. The molecule has 0 aliphatic heterocycles. The molecule has 25 heavy (non-hydrogen) atoms. The Morgan fingerprint density at radius 1 is 1.32 bits per heavy atom. The number of aromatic nitrogens is 4. The molecule has 2 aromatic heterocycles. The molecular formula is C17H20ClN5O2. The van der Waals surface area contributed by atoms with Gasteiger partial charge < -0.3 is 10.4 Å². The quantitative estimate of drug-likeness (QED) is 0.627. The molecule has 7 nitrogen and oxygen atoms in total. The van der Waals surface area contributed by atoms with Crippen LogP contribution < -0.4 is 10.9 Å². The van der Waals surface area contributed by atoms with Crippen molar-refractivity contribution in [1.29, 1.82) is 0 Å². The van der Waals surface area contributed by atoms with E-state index in [1.807, 2.05) is 26.0 Å². The number of hydrogen-bond donors (Lipinski definition) is 3. The van der Waals surface area contributed by atoms with Crippen molar-refractivity contribution in [2.24, 2.45) is 0 Å². The summed E-state index contributed by atoms with van der Waals surface area (Å²) >= 11 is 5.93. The van der Waals surface area contributed by atoms with Gasteiger partial charge in [0.25, 0.3) is 5.56 Å². The zero-order valence-corrected chi connectivity index (χ0v) is 14.8. The molecule has 0 radical (unpaired) electrons. The molecule has 0 aliphatic carbocycles. The molecule has 3 rings (SSSR count). The lowest BCUT2D eigenvalue weighted by atomic mass is 10.0. The fourth-order valence-corrected chi connectivity index (χ4v) is 2.81. The minimum absolute atomic E-state index is 0.00487. The van der Waals surface area contributed by atoms with Gasteiger partial charge in [0.05, 0.1) is 12.2 Å². The van der Waals surface area contributed by atoms with E-state index < -0.39 is 0 Å². The second-order valence-corrected chi connectivity index (χ2v) is 6.57. The summed E-state index contributed by atoms with van der Waals surface area (Å²) in [5, 5.41) is 17.7. The van der Waals surface area contributed by atoms with E-state index in [0.717, 1.165) is 5.56 Å². The van der Waals surface area contributed by atoms with Crippen LogP contribution in [0.15, 0.2) is 35.3 Å². The highest BCUT2D eigenvalue weighted by Crippen LogP contribution is 2.22. The van der Waals surface area contributed by atoms with Crippen LogP contribution in [-0.2, 0) is 0 Å². The smallest absolute Gasteiger partial charge is 0.278 e. The molecule has 2 heterocycles. The van der Waals surface area contributed by atoms with Crippen molar-refractivity contribution < 1.29 is 5.11 Å². The van der Waals surface area contributed by atoms with Crippen molar-refractivity contribution >= 4 is 23.1 Å². The number of aliphatic hydroxyl groups is 1. The van der Waals surface area contributed by atoms with Crippen LogP contribution in [0.4, 0.5) is 5.95 Å². The Morgan fingerprint density at radius 3 is 2.68 bits per heavy atom. The summed E-state index contributed by atoms with van der Waals surface area (Å²) in [6.45, 7) is 3.98. The van der Waals surface area contributed by atoms with Crippen molar-refractivity contribution in [3.05, 3.63) is 57.2 Å². The largest absolute Gasteiger partial charge is 0.396 e. The van der Waals surface area contributed by atoms with Crippen LogP contribution in [0.3, 0.4) is 0 Å². The molecule has 8 heteroatoms. The van der Waals surface area contributed by atoms with Gasteiger partial charge in [-0.05, 0) is 24.1 Å². The van der Waals surface area contributed by atoms with E-state index in [9.17, 15) is 9.90 Å². The van der Waals surface area contributed by atoms with Gasteiger partial charge in [0.2, 0.25) is 5.95 Å². The highest BCUT2D eigenvalue weighted by Gasteiger charge is 2.16. The van der Waals surface area contributed by atoms with Crippen LogP contribution in [0, 0.1) is 0 Å². The number of H-pyrrole nitrogens is 1. The molecule has 0 spiro atoms. The third kappa shape index (κ3) is 3.67. The van der Waals surface area contributed by atoms with Gasteiger partial charge >= 0.3 is 0 Å². The molecule has 0 saturated heterocycles. The fourth-order valence-electron chi connectivity index (χ4n) is 2.69. The number of aromatic amines is 1. The summed E-state index contributed by atoms with van der Waals surface area (Å²) < 4.78 is 1.56. The van der Waals surface area contributed by atoms with Gasteiger partial charge in [0, 0.05) is 17.5 Å². The van der Waals surface area contributed by atoms with Crippen LogP contribution in [0.2, 0.25) is 5.02 Å². The summed E-state index contributed by atoms with van der Waals surface area (Å²) in [7, 11) is 0. The molecule has 0 saturated carbocycles. The Labute approximate surface area is 149 Å². The number of aliphatic hydroxyl groups excluding tert-OH is 1. The Hall–Kier alpha value is -2.38. The summed E-state index contributed by atoms with van der Waals surface area (Å²) in [6, 6.07) is 7.12. The maximum Gasteiger partial charge on any atom is 0.278 e. The molecule has 3 aromatic rings. The third-order valence-electron chi connectivity index (χ3n) is 3.95. The van der Waals surface area contributed by atoms with Crippen molar-refractivity contribution in [3.8, 4) is 0 Å². The second kappa shape index (κ2) is 7.25. The minimum Gasteiger partial charge on any atom is -0.396 e. The van der Waals surface area contributed by atoms with E-state index in [1.54, 1.807) is 16.6 Å². The maximum absolute atomic E-state index is 12.3. The Morgan fingerprint density at radius 2 is 2.04 bits per heavy atom. The lowest BCUT2D eigenvalue weighted by Gasteiger charge is -2.19. The molecule has 0 unspecified atom stereocenters. The van der Waals surface area contributed by atoms with Crippen LogP contribution in [0.25, 0.3) is 5.52 Å². The fraction of sp³-hybridized carbons (Fsp3) is 0.353. The number of anilines is 1. The number of hydrogen-bond acceptors (Lipinski definition) is 5. The highest BCUT2D eigenvalue weighted by atomic mass is 35.5. The molecule has 0 aliphatic rings. The van der Waals surface area contributed by atoms with Crippen LogP contribution in [0.5, 0.6) is 0 Å². The first-order valence-corrected chi connectivity index (χ1v) is 8.48. The topological polar surface area (TPSA) is 95.3 Å². The Kier molecular flexibility index (Phi) is 5.06. The predicted octanol–water partition coefficient (Wildman–Crippen LogP) is 2.73. The van der Waals surface area contributed by atoms with E-state index in [2.05, 4.69) is 20.4 Å². The molecular weight excluding hydrogens is 342 g/mol. The molecule has 0 bridgehead atoms. The van der Waals surface area contributed by atoms with E-state index in [4.69, 9.17) is 11.6 Å². The normalized spacial score (nSPS) is 12.7. The molecule has 0 amide bonds. The van der Waals surface area contributed by atoms with Crippen LogP contribution in [-0.4, -0.2) is 31.3 Å². The molecule has 0 fully saturated rings. The molecule has 3 N–H and O–H groups in total. The lowest BCUT2D eigenvalue weighted by Crippen LogP contribution is -2.21. The molecule has 132 valence electrons. The Balaban J connectivity index is 1.98. The summed E-state index contributed by atoms with van der Waals surface area (Å²) in [6.07, 6.45) is 1.99. The van der Waals surface area contributed by atoms with Gasteiger partial charge in [0.15, 0.2) is 5.52 Å². The first-order valence-electron chi connectivity index (χ1n) is 8.10. The van der Waals surface area contributed by atoms with Crippen molar-refractivity contribution in [1.82, 2.24) is 19.6 Å². The van der Waals surface area contributed by atoms with Crippen molar-refractivity contribution in [2.75, 3.05) is 11.9 Å². The number of imidazole rings is 1. The van der Waals surface area contributed by atoms with E-state index in [-0.39, 0.29) is 24.1 Å². The van der Waals surface area contributed by atoms with Gasteiger partial charge in [-0.3, -0.25) is 9.78 Å². The van der Waals surface area contributed by atoms with Crippen LogP contribution in [0.1, 0.15) is 43.6 Å². The maximum atomic E-state index is 12.3. The predicted molar refractivity (Wildman–Crippen MR) is 97.2 cm³/mol. The highest BCUT2D eigenvalue weighted by molar-refractivity contribution is 6.30. The van der Waals surface area contributed by atoms with E-state index >= 15 is 0 Å². The second-order valence-electron chi connectivity index (χ2n) is 6.13. The van der Waals surface area contributed by atoms with Gasteiger partial charge in [-0.2, -0.15) is 0 Å². The average Bonchev–Trinajstić information content (AvgIpc) is 3.00. The van der Waals surface area contributed by atoms with Gasteiger partial charge in [-0.15, -0.1) is 5.10 Å². The van der Waals surface area contributed by atoms with Crippen LogP contribution >= 0.6 is 11.6 Å². The first-order chi connectivity index (χ1) is 12.0. The number of fused-ring (bicyclic) bond motifs is 1. The number of rotatable bonds is 6. The SMILES string of the molecule is CC(C)c1ncc2c(=O)[nH]c(N[C@H](CCO)c3ccc(Cl)cc3)nn12. The van der Waals surface area contributed by atoms with Gasteiger partial charge in [-0.25, -0.2) is 9.50 Å².